The Labute approximate surface area is 143 Å². The van der Waals surface area contributed by atoms with Gasteiger partial charge in [-0.25, -0.2) is 9.37 Å². The Balaban J connectivity index is 1.84. The van der Waals surface area contributed by atoms with E-state index in [9.17, 15) is 9.50 Å². The highest BCUT2D eigenvalue weighted by molar-refractivity contribution is 7.17. The molecule has 5 nitrogen and oxygen atoms in total. The predicted molar refractivity (Wildman–Crippen MR) is 90.9 cm³/mol. The van der Waals surface area contributed by atoms with Gasteiger partial charge < -0.3 is 5.11 Å². The number of piperidine rings is 1. The summed E-state index contributed by atoms with van der Waals surface area (Å²) in [6, 6.07) is 6.47. The van der Waals surface area contributed by atoms with Crippen molar-refractivity contribution >= 4 is 16.3 Å². The number of likely N-dealkylation sites (tertiary alicyclic amines) is 1. The number of hydrogen-bond acceptors (Lipinski definition) is 5. The van der Waals surface area contributed by atoms with Gasteiger partial charge >= 0.3 is 0 Å². The van der Waals surface area contributed by atoms with Crippen LogP contribution >= 0.6 is 11.3 Å². The number of rotatable bonds is 3. The molecule has 1 N–H and O–H groups in total. The van der Waals surface area contributed by atoms with E-state index in [1.807, 2.05) is 6.07 Å². The predicted octanol–water partition coefficient (Wildman–Crippen LogP) is 3.52. The first-order valence-corrected chi connectivity index (χ1v) is 8.99. The Bertz CT molecular complexity index is 869. The number of aryl methyl sites for hydroxylation is 1. The van der Waals surface area contributed by atoms with Crippen molar-refractivity contribution in [1.29, 1.82) is 0 Å². The zero-order chi connectivity index (χ0) is 16.7. The quantitative estimate of drug-likeness (QED) is 0.788. The van der Waals surface area contributed by atoms with Crippen molar-refractivity contribution in [2.24, 2.45) is 0 Å². The zero-order valence-electron chi connectivity index (χ0n) is 13.4. The molecule has 0 saturated carbocycles. The van der Waals surface area contributed by atoms with Crippen LogP contribution in [0.5, 0.6) is 5.88 Å². The maximum atomic E-state index is 13.8. The molecule has 126 valence electrons. The van der Waals surface area contributed by atoms with Crippen LogP contribution in [0.4, 0.5) is 4.39 Å². The largest absolute Gasteiger partial charge is 0.492 e. The van der Waals surface area contributed by atoms with Gasteiger partial charge in [-0.3, -0.25) is 4.90 Å². The summed E-state index contributed by atoms with van der Waals surface area (Å²) in [7, 11) is 0. The first-order chi connectivity index (χ1) is 11.6. The molecule has 0 bridgehead atoms. The monoisotopic (exact) mass is 346 g/mol. The first-order valence-electron chi connectivity index (χ1n) is 8.18. The Morgan fingerprint density at radius 1 is 1.25 bits per heavy atom. The molecule has 0 amide bonds. The van der Waals surface area contributed by atoms with Crippen molar-refractivity contribution in [3.05, 3.63) is 46.3 Å². The van der Waals surface area contributed by atoms with E-state index in [0.717, 1.165) is 36.4 Å². The molecule has 0 aliphatic carbocycles. The summed E-state index contributed by atoms with van der Waals surface area (Å²) in [5.74, 6) is 0.475. The Kier molecular flexibility index (Phi) is 3.97. The molecule has 1 atom stereocenters. The van der Waals surface area contributed by atoms with Crippen LogP contribution in [0.1, 0.15) is 41.6 Å². The van der Waals surface area contributed by atoms with E-state index in [4.69, 9.17) is 0 Å². The summed E-state index contributed by atoms with van der Waals surface area (Å²) in [5, 5.41) is 14.9. The maximum Gasteiger partial charge on any atom is 0.230 e. The van der Waals surface area contributed by atoms with Gasteiger partial charge in [-0.05, 0) is 50.6 Å². The van der Waals surface area contributed by atoms with Gasteiger partial charge in [-0.1, -0.05) is 29.9 Å². The summed E-state index contributed by atoms with van der Waals surface area (Å²) >= 11 is 1.42. The Hall–Kier alpha value is -1.99. The third-order valence-electron chi connectivity index (χ3n) is 4.47. The fourth-order valence-electron chi connectivity index (χ4n) is 3.41. The van der Waals surface area contributed by atoms with Crippen LogP contribution in [0.2, 0.25) is 0 Å². The van der Waals surface area contributed by atoms with Gasteiger partial charge in [-0.2, -0.15) is 4.52 Å². The molecule has 1 saturated heterocycles. The average Bonchev–Trinajstić information content (AvgIpc) is 3.07. The van der Waals surface area contributed by atoms with Crippen LogP contribution in [0.25, 0.3) is 4.96 Å². The Morgan fingerprint density at radius 3 is 2.75 bits per heavy atom. The summed E-state index contributed by atoms with van der Waals surface area (Å²) in [6.45, 7) is 3.67. The van der Waals surface area contributed by atoms with Gasteiger partial charge in [0.1, 0.15) is 11.6 Å². The van der Waals surface area contributed by atoms with Crippen molar-refractivity contribution < 1.29 is 9.50 Å². The topological polar surface area (TPSA) is 53.7 Å². The van der Waals surface area contributed by atoms with Crippen LogP contribution in [-0.4, -0.2) is 37.7 Å². The molecule has 4 rings (SSSR count). The van der Waals surface area contributed by atoms with Crippen molar-refractivity contribution in [3.63, 3.8) is 0 Å². The van der Waals surface area contributed by atoms with E-state index in [1.165, 1.54) is 28.3 Å². The third kappa shape index (κ3) is 2.67. The standard InChI is InChI=1S/C17H19FN4OS/c1-11-19-17-22(20-11)16(23)15(24-17)14(21-8-3-2-4-9-21)12-6-5-7-13(18)10-12/h5-7,10,14,23H,2-4,8-9H2,1H3/t14-/m1/s1. The highest BCUT2D eigenvalue weighted by Crippen LogP contribution is 2.40. The lowest BCUT2D eigenvalue weighted by atomic mass is 10.0. The lowest BCUT2D eigenvalue weighted by Crippen LogP contribution is -2.34. The van der Waals surface area contributed by atoms with Gasteiger partial charge in [0.25, 0.3) is 0 Å². The third-order valence-corrected chi connectivity index (χ3v) is 5.55. The van der Waals surface area contributed by atoms with Crippen molar-refractivity contribution in [2.45, 2.75) is 32.2 Å². The number of halogens is 1. The minimum absolute atomic E-state index is 0.107. The smallest absolute Gasteiger partial charge is 0.230 e. The second kappa shape index (κ2) is 6.14. The summed E-state index contributed by atoms with van der Waals surface area (Å²) in [5.41, 5.74) is 0.855. The minimum Gasteiger partial charge on any atom is -0.492 e. The summed E-state index contributed by atoms with van der Waals surface area (Å²) < 4.78 is 15.3. The van der Waals surface area contributed by atoms with E-state index >= 15 is 0 Å². The van der Waals surface area contributed by atoms with Crippen molar-refractivity contribution in [1.82, 2.24) is 19.5 Å². The number of thiazole rings is 1. The van der Waals surface area contributed by atoms with Gasteiger partial charge in [0.05, 0.1) is 10.9 Å². The summed E-state index contributed by atoms with van der Waals surface area (Å²) in [4.78, 5) is 8.11. The maximum absolute atomic E-state index is 13.8. The molecule has 0 unspecified atom stereocenters. The van der Waals surface area contributed by atoms with Gasteiger partial charge in [0.15, 0.2) is 0 Å². The number of aromatic nitrogens is 3. The van der Waals surface area contributed by atoms with E-state index in [1.54, 1.807) is 19.1 Å². The molecule has 3 heterocycles. The summed E-state index contributed by atoms with van der Waals surface area (Å²) in [6.07, 6.45) is 3.45. The van der Waals surface area contributed by atoms with E-state index in [-0.39, 0.29) is 17.7 Å². The van der Waals surface area contributed by atoms with E-state index < -0.39 is 0 Å². The minimum atomic E-state index is -0.260. The highest BCUT2D eigenvalue weighted by atomic mass is 32.1. The normalized spacial score (nSPS) is 17.4. The lowest BCUT2D eigenvalue weighted by molar-refractivity contribution is 0.186. The van der Waals surface area contributed by atoms with Crippen LogP contribution in [-0.2, 0) is 0 Å². The van der Waals surface area contributed by atoms with Crippen LogP contribution in [0.15, 0.2) is 24.3 Å². The van der Waals surface area contributed by atoms with Crippen LogP contribution in [0, 0.1) is 12.7 Å². The SMILES string of the molecule is Cc1nc2sc([C@@H](c3cccc(F)c3)N3CCCCC3)c(O)n2n1. The average molecular weight is 346 g/mol. The number of fused-ring (bicyclic) bond motifs is 1. The number of benzene rings is 1. The molecule has 24 heavy (non-hydrogen) atoms. The molecule has 7 heteroatoms. The molecule has 2 aromatic heterocycles. The number of hydrogen-bond donors (Lipinski definition) is 1. The molecule has 1 aliphatic heterocycles. The van der Waals surface area contributed by atoms with Gasteiger partial charge in [0, 0.05) is 0 Å². The fraction of sp³-hybridized carbons (Fsp3) is 0.412. The van der Waals surface area contributed by atoms with E-state index in [0.29, 0.717) is 10.8 Å². The van der Waals surface area contributed by atoms with Gasteiger partial charge in [-0.15, -0.1) is 5.10 Å². The second-order valence-corrected chi connectivity index (χ2v) is 7.21. The number of nitrogens with zero attached hydrogens (tertiary/aromatic N) is 4. The molecular formula is C17H19FN4OS. The lowest BCUT2D eigenvalue weighted by Gasteiger charge is -2.34. The van der Waals surface area contributed by atoms with Crippen LogP contribution in [0.3, 0.4) is 0 Å². The number of aromatic hydroxyl groups is 1. The molecule has 1 aliphatic rings. The van der Waals surface area contributed by atoms with Crippen molar-refractivity contribution in [3.8, 4) is 5.88 Å². The first kappa shape index (κ1) is 15.5. The Morgan fingerprint density at radius 2 is 2.04 bits per heavy atom. The molecular weight excluding hydrogens is 327 g/mol. The zero-order valence-corrected chi connectivity index (χ0v) is 14.3. The van der Waals surface area contributed by atoms with Crippen LogP contribution < -0.4 is 0 Å². The molecule has 0 spiro atoms. The second-order valence-electron chi connectivity index (χ2n) is 6.20. The molecule has 1 fully saturated rings. The van der Waals surface area contributed by atoms with Crippen molar-refractivity contribution in [2.75, 3.05) is 13.1 Å². The highest BCUT2D eigenvalue weighted by Gasteiger charge is 2.30. The fourth-order valence-corrected chi connectivity index (χ4v) is 4.57. The van der Waals surface area contributed by atoms with Gasteiger partial charge in [0.2, 0.25) is 10.8 Å². The molecule has 0 radical (unpaired) electrons. The molecule has 3 aromatic rings. The van der Waals surface area contributed by atoms with E-state index in [2.05, 4.69) is 15.0 Å². The molecule has 1 aromatic carbocycles.